The SMILES string of the molecule is CC1(C)SC(c2nc3ccc(O[Si](c4ccccc4)(c4ccccc4)C(C)(C)C)cc3s2)=NC1C(=O)O. The molecule has 0 amide bonds. The van der Waals surface area contributed by atoms with E-state index in [0.717, 1.165) is 21.0 Å². The number of hydrogen-bond acceptors (Lipinski definition) is 6. The number of aliphatic carboxylic acids is 1. The van der Waals surface area contributed by atoms with Crippen LogP contribution >= 0.6 is 23.1 Å². The molecule has 1 aliphatic rings. The molecule has 0 aliphatic carbocycles. The molecule has 0 radical (unpaired) electrons. The quantitative estimate of drug-likeness (QED) is 0.302. The normalized spacial score (nSPS) is 17.5. The molecule has 0 fully saturated rings. The number of carbonyl (C=O) groups is 1. The molecule has 0 bridgehead atoms. The monoisotopic (exact) mass is 546 g/mol. The summed E-state index contributed by atoms with van der Waals surface area (Å²) in [6.07, 6.45) is 0. The maximum Gasteiger partial charge on any atom is 0.329 e. The van der Waals surface area contributed by atoms with Gasteiger partial charge in [-0.05, 0) is 47.5 Å². The molecule has 1 atom stereocenters. The molecule has 1 unspecified atom stereocenters. The molecular formula is C29H30N2O3S2Si. The molecule has 3 aromatic carbocycles. The maximum atomic E-state index is 11.7. The summed E-state index contributed by atoms with van der Waals surface area (Å²) in [7, 11) is -2.75. The van der Waals surface area contributed by atoms with Gasteiger partial charge in [0.15, 0.2) is 6.04 Å². The van der Waals surface area contributed by atoms with E-state index >= 15 is 0 Å². The lowest BCUT2D eigenvalue weighted by Gasteiger charge is -2.43. The van der Waals surface area contributed by atoms with Crippen LogP contribution in [0.1, 0.15) is 39.6 Å². The van der Waals surface area contributed by atoms with E-state index in [1.807, 2.05) is 38.1 Å². The second-order valence-corrected chi connectivity index (χ2v) is 17.7. The van der Waals surface area contributed by atoms with Gasteiger partial charge in [0.1, 0.15) is 15.8 Å². The van der Waals surface area contributed by atoms with Gasteiger partial charge in [-0.25, -0.2) is 9.78 Å². The number of benzene rings is 3. The van der Waals surface area contributed by atoms with Crippen LogP contribution in [0.2, 0.25) is 5.04 Å². The lowest BCUT2D eigenvalue weighted by Crippen LogP contribution is -2.68. The Kier molecular flexibility index (Phi) is 6.54. The number of carboxylic acid groups (broad SMARTS) is 1. The van der Waals surface area contributed by atoms with Crippen molar-refractivity contribution in [3.63, 3.8) is 0 Å². The highest BCUT2D eigenvalue weighted by molar-refractivity contribution is 8.16. The molecule has 4 aromatic rings. The van der Waals surface area contributed by atoms with Crippen LogP contribution < -0.4 is 14.8 Å². The second-order valence-electron chi connectivity index (χ2n) is 10.8. The van der Waals surface area contributed by atoms with Crippen LogP contribution in [0, 0.1) is 0 Å². The number of nitrogens with zero attached hydrogens (tertiary/aromatic N) is 2. The van der Waals surface area contributed by atoms with Crippen LogP contribution in [0.3, 0.4) is 0 Å². The Labute approximate surface area is 226 Å². The summed E-state index contributed by atoms with van der Waals surface area (Å²) in [5, 5.41) is 13.3. The molecule has 1 N–H and O–H groups in total. The molecule has 0 spiro atoms. The number of aromatic nitrogens is 1. The van der Waals surface area contributed by atoms with E-state index in [-0.39, 0.29) is 5.04 Å². The summed E-state index contributed by atoms with van der Waals surface area (Å²) < 4.78 is 7.64. The molecule has 190 valence electrons. The molecule has 5 rings (SSSR count). The van der Waals surface area contributed by atoms with Crippen LogP contribution in [0.5, 0.6) is 5.75 Å². The Balaban J connectivity index is 1.58. The molecule has 1 aromatic heterocycles. The third kappa shape index (κ3) is 4.62. The first-order valence-corrected chi connectivity index (χ1v) is 15.8. The van der Waals surface area contributed by atoms with Gasteiger partial charge in [0, 0.05) is 4.75 Å². The fourth-order valence-electron chi connectivity index (χ4n) is 4.94. The Morgan fingerprint density at radius 2 is 1.57 bits per heavy atom. The highest BCUT2D eigenvalue weighted by Crippen LogP contribution is 2.42. The minimum atomic E-state index is -2.75. The van der Waals surface area contributed by atoms with Gasteiger partial charge in [-0.2, -0.15) is 0 Å². The highest BCUT2D eigenvalue weighted by atomic mass is 32.2. The average Bonchev–Trinajstić information content (AvgIpc) is 3.42. The highest BCUT2D eigenvalue weighted by Gasteiger charge is 2.52. The smallest absolute Gasteiger partial charge is 0.329 e. The van der Waals surface area contributed by atoms with E-state index in [1.165, 1.54) is 33.5 Å². The Morgan fingerprint density at radius 3 is 2.08 bits per heavy atom. The average molecular weight is 547 g/mol. The van der Waals surface area contributed by atoms with Crippen molar-refractivity contribution in [3.05, 3.63) is 83.9 Å². The number of fused-ring (bicyclic) bond motifs is 1. The predicted octanol–water partition coefficient (Wildman–Crippen LogP) is 5.96. The zero-order valence-electron chi connectivity index (χ0n) is 21.6. The van der Waals surface area contributed by atoms with Crippen molar-refractivity contribution >= 4 is 63.0 Å². The number of thioether (sulfide) groups is 1. The van der Waals surface area contributed by atoms with Crippen LogP contribution in [0.25, 0.3) is 10.2 Å². The van der Waals surface area contributed by atoms with Gasteiger partial charge in [-0.3, -0.25) is 4.99 Å². The van der Waals surface area contributed by atoms with Crippen molar-refractivity contribution in [2.75, 3.05) is 0 Å². The fraction of sp³-hybridized carbons (Fsp3) is 0.276. The van der Waals surface area contributed by atoms with E-state index in [9.17, 15) is 9.90 Å². The second kappa shape index (κ2) is 9.42. The first-order valence-electron chi connectivity index (χ1n) is 12.2. The van der Waals surface area contributed by atoms with Gasteiger partial charge in [0.05, 0.1) is 10.2 Å². The van der Waals surface area contributed by atoms with Gasteiger partial charge in [0.25, 0.3) is 0 Å². The third-order valence-corrected chi connectivity index (χ3v) is 14.1. The van der Waals surface area contributed by atoms with Crippen molar-refractivity contribution in [1.82, 2.24) is 4.98 Å². The van der Waals surface area contributed by atoms with Crippen molar-refractivity contribution < 1.29 is 14.3 Å². The molecule has 2 heterocycles. The largest absolute Gasteiger partial charge is 0.534 e. The van der Waals surface area contributed by atoms with E-state index in [0.29, 0.717) is 5.04 Å². The first-order chi connectivity index (χ1) is 17.5. The number of aliphatic imine (C=N–C) groups is 1. The van der Waals surface area contributed by atoms with Crippen molar-refractivity contribution in [1.29, 1.82) is 0 Å². The summed E-state index contributed by atoms with van der Waals surface area (Å²) >= 11 is 3.01. The van der Waals surface area contributed by atoms with Crippen LogP contribution in [0.15, 0.2) is 83.9 Å². The summed E-state index contributed by atoms with van der Waals surface area (Å²) in [5.41, 5.74) is 0.856. The number of rotatable bonds is 6. The fourth-order valence-corrected chi connectivity index (χ4v) is 11.5. The molecule has 0 saturated heterocycles. The minimum absolute atomic E-state index is 0.143. The van der Waals surface area contributed by atoms with E-state index < -0.39 is 25.1 Å². The van der Waals surface area contributed by atoms with Crippen molar-refractivity contribution in [3.8, 4) is 5.75 Å². The van der Waals surface area contributed by atoms with E-state index in [2.05, 4.69) is 80.4 Å². The zero-order valence-corrected chi connectivity index (χ0v) is 24.2. The number of thiazole rings is 1. The molecular weight excluding hydrogens is 517 g/mol. The van der Waals surface area contributed by atoms with Crippen LogP contribution in [0.4, 0.5) is 0 Å². The van der Waals surface area contributed by atoms with Gasteiger partial charge in [-0.15, -0.1) is 11.3 Å². The summed E-state index contributed by atoms with van der Waals surface area (Å²) in [6.45, 7) is 10.6. The summed E-state index contributed by atoms with van der Waals surface area (Å²) in [5.74, 6) is -0.101. The molecule has 5 nitrogen and oxygen atoms in total. The maximum absolute atomic E-state index is 11.7. The predicted molar refractivity (Wildman–Crippen MR) is 157 cm³/mol. The molecule has 0 saturated carbocycles. The van der Waals surface area contributed by atoms with Gasteiger partial charge < -0.3 is 9.53 Å². The first kappa shape index (κ1) is 25.7. The van der Waals surface area contributed by atoms with Gasteiger partial charge >= 0.3 is 14.3 Å². The van der Waals surface area contributed by atoms with Crippen LogP contribution in [-0.2, 0) is 4.79 Å². The molecule has 37 heavy (non-hydrogen) atoms. The summed E-state index contributed by atoms with van der Waals surface area (Å²) in [6, 6.07) is 26.4. The van der Waals surface area contributed by atoms with E-state index in [4.69, 9.17) is 9.41 Å². The Hall–Kier alpha value is -2.94. The lowest BCUT2D eigenvalue weighted by molar-refractivity contribution is -0.138. The van der Waals surface area contributed by atoms with Gasteiger partial charge in [-0.1, -0.05) is 93.2 Å². The minimum Gasteiger partial charge on any atom is -0.534 e. The zero-order chi connectivity index (χ0) is 26.4. The summed E-state index contributed by atoms with van der Waals surface area (Å²) in [4.78, 5) is 21.0. The number of carboxylic acids is 1. The van der Waals surface area contributed by atoms with Crippen LogP contribution in [-0.4, -0.2) is 40.2 Å². The Bertz CT molecular complexity index is 1440. The van der Waals surface area contributed by atoms with Crippen molar-refractivity contribution in [2.45, 2.75) is 50.4 Å². The lowest BCUT2D eigenvalue weighted by atomic mass is 10.0. The van der Waals surface area contributed by atoms with Gasteiger partial charge in [0.2, 0.25) is 0 Å². The molecule has 1 aliphatic heterocycles. The standard InChI is InChI=1S/C29H30N2O3S2Si/c1-28(2,3)37(20-12-8-6-9-13-20,21-14-10-7-11-15-21)34-19-16-17-22-23(18-19)35-25(30-22)26-31-24(27(32)33)29(4,5)36-26/h6-18,24H,1-5H3,(H,32,33). The third-order valence-electron chi connectivity index (χ3n) is 6.73. The topological polar surface area (TPSA) is 71.8 Å². The number of hydrogen-bond donors (Lipinski definition) is 1. The van der Waals surface area contributed by atoms with Crippen molar-refractivity contribution in [2.24, 2.45) is 4.99 Å². The van der Waals surface area contributed by atoms with E-state index in [1.54, 1.807) is 0 Å². The molecule has 8 heteroatoms. The Morgan fingerprint density at radius 1 is 0.973 bits per heavy atom.